The maximum absolute atomic E-state index is 12.2. The molecular formula is C17H21N3O2. The Kier molecular flexibility index (Phi) is 4.63. The molecule has 1 N–H and O–H groups in total. The van der Waals surface area contributed by atoms with Crippen molar-refractivity contribution in [3.63, 3.8) is 0 Å². The second-order valence-corrected chi connectivity index (χ2v) is 5.77. The predicted octanol–water partition coefficient (Wildman–Crippen LogP) is 1.94. The van der Waals surface area contributed by atoms with Crippen LogP contribution in [0.25, 0.3) is 11.0 Å². The summed E-state index contributed by atoms with van der Waals surface area (Å²) in [5.74, 6) is 0.149. The molecule has 1 fully saturated rings. The van der Waals surface area contributed by atoms with E-state index < -0.39 is 0 Å². The summed E-state index contributed by atoms with van der Waals surface area (Å²) in [5, 5.41) is 10.3. The van der Waals surface area contributed by atoms with E-state index in [1.807, 2.05) is 29.2 Å². The summed E-state index contributed by atoms with van der Waals surface area (Å²) in [7, 11) is 0. The van der Waals surface area contributed by atoms with Crippen molar-refractivity contribution in [3.8, 4) is 0 Å². The second kappa shape index (κ2) is 6.83. The standard InChI is InChI=1S/C17H21N3O2/c21-12-15-6-3-11-20(15)16(22)7-1-5-14-9-8-13-4-2-10-18-17(13)19-14/h2,4,8-10,15,21H,1,3,5-7,11-12H2/t15-/m1/s1. The fourth-order valence-electron chi connectivity index (χ4n) is 3.05. The molecule has 1 aliphatic rings. The van der Waals surface area contributed by atoms with Gasteiger partial charge in [0.1, 0.15) is 0 Å². The van der Waals surface area contributed by atoms with Crippen molar-refractivity contribution in [2.45, 2.75) is 38.1 Å². The number of hydrogen-bond acceptors (Lipinski definition) is 4. The Morgan fingerprint density at radius 3 is 3.14 bits per heavy atom. The molecule has 1 atom stereocenters. The molecule has 22 heavy (non-hydrogen) atoms. The minimum atomic E-state index is 0.0236. The van der Waals surface area contributed by atoms with Gasteiger partial charge in [0, 0.05) is 30.2 Å². The topological polar surface area (TPSA) is 66.3 Å². The number of nitrogens with zero attached hydrogens (tertiary/aromatic N) is 3. The average Bonchev–Trinajstić information content (AvgIpc) is 3.03. The Bertz CT molecular complexity index is 659. The van der Waals surface area contributed by atoms with Gasteiger partial charge < -0.3 is 10.0 Å². The van der Waals surface area contributed by atoms with E-state index in [1.54, 1.807) is 6.20 Å². The smallest absolute Gasteiger partial charge is 0.222 e. The largest absolute Gasteiger partial charge is 0.394 e. The summed E-state index contributed by atoms with van der Waals surface area (Å²) < 4.78 is 0. The first-order valence-electron chi connectivity index (χ1n) is 7.89. The lowest BCUT2D eigenvalue weighted by molar-refractivity contribution is -0.132. The van der Waals surface area contributed by atoms with Gasteiger partial charge in [0.15, 0.2) is 5.65 Å². The zero-order chi connectivity index (χ0) is 15.4. The number of hydrogen-bond donors (Lipinski definition) is 1. The van der Waals surface area contributed by atoms with Crippen LogP contribution in [0, 0.1) is 0 Å². The van der Waals surface area contributed by atoms with Gasteiger partial charge in [0.25, 0.3) is 0 Å². The number of carbonyl (C=O) groups excluding carboxylic acids is 1. The van der Waals surface area contributed by atoms with E-state index in [9.17, 15) is 9.90 Å². The summed E-state index contributed by atoms with van der Waals surface area (Å²) in [4.78, 5) is 22.8. The second-order valence-electron chi connectivity index (χ2n) is 5.77. The average molecular weight is 299 g/mol. The number of amides is 1. The quantitative estimate of drug-likeness (QED) is 0.916. The summed E-state index contributed by atoms with van der Waals surface area (Å²) in [5.41, 5.74) is 1.73. The molecule has 2 aromatic heterocycles. The van der Waals surface area contributed by atoms with Gasteiger partial charge in [-0.15, -0.1) is 0 Å². The first kappa shape index (κ1) is 14.9. The van der Waals surface area contributed by atoms with Gasteiger partial charge in [-0.3, -0.25) is 4.79 Å². The molecule has 0 bridgehead atoms. The molecule has 0 spiro atoms. The first-order chi connectivity index (χ1) is 10.8. The Morgan fingerprint density at radius 2 is 2.27 bits per heavy atom. The molecule has 5 nitrogen and oxygen atoms in total. The fourth-order valence-corrected chi connectivity index (χ4v) is 3.05. The third kappa shape index (κ3) is 3.25. The maximum Gasteiger partial charge on any atom is 0.222 e. The summed E-state index contributed by atoms with van der Waals surface area (Å²) in [6.07, 6.45) is 5.72. The molecule has 3 rings (SSSR count). The van der Waals surface area contributed by atoms with Crippen LogP contribution in [0.4, 0.5) is 0 Å². The third-order valence-corrected chi connectivity index (χ3v) is 4.25. The molecular weight excluding hydrogens is 278 g/mol. The SMILES string of the molecule is O=C(CCCc1ccc2cccnc2n1)N1CCC[C@@H]1CO. The fraction of sp³-hybridized carbons (Fsp3) is 0.471. The highest BCUT2D eigenvalue weighted by Crippen LogP contribution is 2.18. The van der Waals surface area contributed by atoms with Crippen LogP contribution in [0.3, 0.4) is 0 Å². The van der Waals surface area contributed by atoms with Gasteiger partial charge in [-0.25, -0.2) is 9.97 Å². The lowest BCUT2D eigenvalue weighted by Gasteiger charge is -2.22. The molecule has 0 radical (unpaired) electrons. The van der Waals surface area contributed by atoms with Gasteiger partial charge in [-0.05, 0) is 49.9 Å². The van der Waals surface area contributed by atoms with E-state index in [1.165, 1.54) is 0 Å². The lowest BCUT2D eigenvalue weighted by Crippen LogP contribution is -2.37. The third-order valence-electron chi connectivity index (χ3n) is 4.25. The summed E-state index contributed by atoms with van der Waals surface area (Å²) in [6, 6.07) is 7.94. The van der Waals surface area contributed by atoms with Gasteiger partial charge in [0.2, 0.25) is 5.91 Å². The molecule has 1 aliphatic heterocycles. The normalized spacial score (nSPS) is 18.0. The van der Waals surface area contributed by atoms with Crippen molar-refractivity contribution in [2.75, 3.05) is 13.2 Å². The molecule has 1 amide bonds. The van der Waals surface area contributed by atoms with E-state index in [0.717, 1.165) is 49.0 Å². The Labute approximate surface area is 130 Å². The molecule has 0 aromatic carbocycles. The zero-order valence-electron chi connectivity index (χ0n) is 12.6. The molecule has 116 valence electrons. The minimum Gasteiger partial charge on any atom is -0.394 e. The van der Waals surface area contributed by atoms with Crippen molar-refractivity contribution in [1.29, 1.82) is 0 Å². The van der Waals surface area contributed by atoms with Crippen molar-refractivity contribution in [2.24, 2.45) is 0 Å². The van der Waals surface area contributed by atoms with Gasteiger partial charge in [0.05, 0.1) is 12.6 Å². The van der Waals surface area contributed by atoms with E-state index >= 15 is 0 Å². The van der Waals surface area contributed by atoms with Crippen LogP contribution >= 0.6 is 0 Å². The molecule has 2 aromatic rings. The highest BCUT2D eigenvalue weighted by molar-refractivity contribution is 5.77. The van der Waals surface area contributed by atoms with Gasteiger partial charge >= 0.3 is 0 Å². The van der Waals surface area contributed by atoms with Crippen molar-refractivity contribution in [3.05, 3.63) is 36.2 Å². The number of aromatic nitrogens is 2. The van der Waals surface area contributed by atoms with Crippen molar-refractivity contribution >= 4 is 16.9 Å². The van der Waals surface area contributed by atoms with Gasteiger partial charge in [-0.2, -0.15) is 0 Å². The zero-order valence-corrected chi connectivity index (χ0v) is 12.6. The minimum absolute atomic E-state index is 0.0236. The Balaban J connectivity index is 1.54. The Hall–Kier alpha value is -2.01. The highest BCUT2D eigenvalue weighted by atomic mass is 16.3. The van der Waals surface area contributed by atoms with Crippen LogP contribution in [0.5, 0.6) is 0 Å². The number of aliphatic hydroxyl groups is 1. The number of aryl methyl sites for hydroxylation is 1. The molecule has 0 unspecified atom stereocenters. The molecule has 1 saturated heterocycles. The van der Waals surface area contributed by atoms with Crippen molar-refractivity contribution < 1.29 is 9.90 Å². The van der Waals surface area contributed by atoms with E-state index in [0.29, 0.717) is 6.42 Å². The molecule has 3 heterocycles. The first-order valence-corrected chi connectivity index (χ1v) is 7.89. The highest BCUT2D eigenvalue weighted by Gasteiger charge is 2.27. The van der Waals surface area contributed by atoms with Gasteiger partial charge in [-0.1, -0.05) is 0 Å². The summed E-state index contributed by atoms with van der Waals surface area (Å²) >= 11 is 0. The maximum atomic E-state index is 12.2. The van der Waals surface area contributed by atoms with Crippen LogP contribution in [-0.4, -0.2) is 45.1 Å². The number of aliphatic hydroxyl groups excluding tert-OH is 1. The van der Waals surface area contributed by atoms with Crippen LogP contribution in [0.1, 0.15) is 31.4 Å². The molecule has 5 heteroatoms. The van der Waals surface area contributed by atoms with Crippen LogP contribution in [0.15, 0.2) is 30.5 Å². The van der Waals surface area contributed by atoms with Crippen molar-refractivity contribution in [1.82, 2.24) is 14.9 Å². The monoisotopic (exact) mass is 299 g/mol. The van der Waals surface area contributed by atoms with Crippen LogP contribution in [-0.2, 0) is 11.2 Å². The number of rotatable bonds is 5. The van der Waals surface area contributed by atoms with E-state index in [4.69, 9.17) is 0 Å². The molecule has 0 aliphatic carbocycles. The predicted molar refractivity (Wildman–Crippen MR) is 84.3 cm³/mol. The molecule has 0 saturated carbocycles. The lowest BCUT2D eigenvalue weighted by atomic mass is 10.1. The number of fused-ring (bicyclic) bond motifs is 1. The van der Waals surface area contributed by atoms with Crippen LogP contribution in [0.2, 0.25) is 0 Å². The van der Waals surface area contributed by atoms with E-state index in [2.05, 4.69) is 9.97 Å². The van der Waals surface area contributed by atoms with E-state index in [-0.39, 0.29) is 18.6 Å². The number of carbonyl (C=O) groups is 1. The Morgan fingerprint density at radius 1 is 1.36 bits per heavy atom. The number of pyridine rings is 2. The summed E-state index contributed by atoms with van der Waals surface area (Å²) in [6.45, 7) is 0.853. The number of likely N-dealkylation sites (tertiary alicyclic amines) is 1. The van der Waals surface area contributed by atoms with Crippen LogP contribution < -0.4 is 0 Å².